The molecule has 0 unspecified atom stereocenters. The molecule has 0 aliphatic carbocycles. The lowest BCUT2D eigenvalue weighted by Crippen LogP contribution is -2.31. The topological polar surface area (TPSA) is 55.2 Å². The van der Waals surface area contributed by atoms with E-state index in [-0.39, 0.29) is 0 Å². The van der Waals surface area contributed by atoms with E-state index < -0.39 is 10.0 Å². The molecule has 118 valence electrons. The summed E-state index contributed by atoms with van der Waals surface area (Å²) in [4.78, 5) is 0.402. The van der Waals surface area contributed by atoms with Crippen molar-refractivity contribution in [2.24, 2.45) is 0 Å². The lowest BCUT2D eigenvalue weighted by Gasteiger charge is -2.19. The Bertz CT molecular complexity index is 1020. The van der Waals surface area contributed by atoms with Crippen molar-refractivity contribution in [2.75, 3.05) is 10.8 Å². The van der Waals surface area contributed by atoms with Crippen LogP contribution in [0.2, 0.25) is 0 Å². The Morgan fingerprint density at radius 2 is 1.78 bits per heavy atom. The number of aryl methyl sites for hydroxylation is 2. The van der Waals surface area contributed by atoms with Gasteiger partial charge in [-0.2, -0.15) is 5.10 Å². The molecule has 0 saturated carbocycles. The van der Waals surface area contributed by atoms with Crippen LogP contribution in [0.25, 0.3) is 10.8 Å². The molecule has 2 heterocycles. The molecule has 1 aliphatic rings. The number of benzene rings is 2. The number of hydrogen-bond acceptors (Lipinski definition) is 3. The van der Waals surface area contributed by atoms with Gasteiger partial charge in [0, 0.05) is 11.1 Å². The predicted molar refractivity (Wildman–Crippen MR) is 90.2 cm³/mol. The van der Waals surface area contributed by atoms with E-state index in [1.165, 1.54) is 4.31 Å². The normalized spacial score (nSPS) is 15.5. The highest BCUT2D eigenvalue weighted by Crippen LogP contribution is 2.41. The molecule has 3 aromatic rings. The van der Waals surface area contributed by atoms with Gasteiger partial charge in [0.25, 0.3) is 10.0 Å². The highest BCUT2D eigenvalue weighted by molar-refractivity contribution is 7.93. The van der Waals surface area contributed by atoms with Gasteiger partial charge < -0.3 is 0 Å². The fraction of sp³-hybridized carbons (Fsp3) is 0.235. The maximum absolute atomic E-state index is 12.9. The minimum absolute atomic E-state index is 0.373. The van der Waals surface area contributed by atoms with Crippen molar-refractivity contribution in [3.8, 4) is 0 Å². The van der Waals surface area contributed by atoms with Crippen molar-refractivity contribution in [3.05, 3.63) is 53.9 Å². The second-order valence-corrected chi connectivity index (χ2v) is 7.69. The van der Waals surface area contributed by atoms with Gasteiger partial charge in [-0.05, 0) is 37.4 Å². The molecule has 0 bridgehead atoms. The average molecular weight is 327 g/mol. The number of anilines is 1. The number of sulfonamides is 1. The summed E-state index contributed by atoms with van der Waals surface area (Å²) in [6.45, 7) is 4.82. The third-order valence-electron chi connectivity index (χ3n) is 4.30. The number of hydrogen-bond donors (Lipinski definition) is 0. The first kappa shape index (κ1) is 14.3. The highest BCUT2D eigenvalue weighted by Gasteiger charge is 2.35. The van der Waals surface area contributed by atoms with Crippen LogP contribution < -0.4 is 4.31 Å². The van der Waals surface area contributed by atoms with Crippen LogP contribution in [0.5, 0.6) is 0 Å². The Kier molecular flexibility index (Phi) is 2.99. The zero-order chi connectivity index (χ0) is 16.2. The average Bonchev–Trinajstić information content (AvgIpc) is 2.94. The molecular formula is C17H17N3O2S. The summed E-state index contributed by atoms with van der Waals surface area (Å²) >= 11 is 0. The van der Waals surface area contributed by atoms with Gasteiger partial charge in [0.2, 0.25) is 0 Å². The minimum Gasteiger partial charge on any atom is -0.268 e. The summed E-state index contributed by atoms with van der Waals surface area (Å²) in [6, 6.07) is 13.1. The molecule has 4 rings (SSSR count). The lowest BCUT2D eigenvalue weighted by molar-refractivity contribution is 0.574. The van der Waals surface area contributed by atoms with Crippen LogP contribution in [0.1, 0.15) is 11.4 Å². The van der Waals surface area contributed by atoms with E-state index in [4.69, 9.17) is 0 Å². The van der Waals surface area contributed by atoms with Gasteiger partial charge in [-0.3, -0.25) is 8.99 Å². The molecule has 1 aliphatic heterocycles. The van der Waals surface area contributed by atoms with Gasteiger partial charge in [-0.25, -0.2) is 8.42 Å². The maximum Gasteiger partial charge on any atom is 0.265 e. The van der Waals surface area contributed by atoms with Crippen LogP contribution in [-0.2, 0) is 16.6 Å². The van der Waals surface area contributed by atoms with Gasteiger partial charge in [0.05, 0.1) is 29.4 Å². The van der Waals surface area contributed by atoms with E-state index in [2.05, 4.69) is 5.10 Å². The minimum atomic E-state index is -3.48. The molecule has 23 heavy (non-hydrogen) atoms. The summed E-state index contributed by atoms with van der Waals surface area (Å²) in [5, 5.41) is 6.19. The Morgan fingerprint density at radius 3 is 2.48 bits per heavy atom. The first-order valence-electron chi connectivity index (χ1n) is 7.54. The largest absolute Gasteiger partial charge is 0.268 e. The smallest absolute Gasteiger partial charge is 0.265 e. The van der Waals surface area contributed by atoms with Gasteiger partial charge in [0.1, 0.15) is 0 Å². The maximum atomic E-state index is 12.9. The highest BCUT2D eigenvalue weighted by atomic mass is 32.2. The van der Waals surface area contributed by atoms with Crippen LogP contribution in [0, 0.1) is 13.8 Å². The van der Waals surface area contributed by atoms with Crippen molar-refractivity contribution in [1.82, 2.24) is 9.78 Å². The van der Waals surface area contributed by atoms with Gasteiger partial charge in [0.15, 0.2) is 0 Å². The van der Waals surface area contributed by atoms with Gasteiger partial charge in [-0.1, -0.05) is 24.3 Å². The molecule has 0 fully saturated rings. The summed E-state index contributed by atoms with van der Waals surface area (Å²) in [5.74, 6) is 0. The molecule has 0 saturated heterocycles. The third-order valence-corrected chi connectivity index (χ3v) is 6.16. The Balaban J connectivity index is 1.76. The van der Waals surface area contributed by atoms with Crippen molar-refractivity contribution in [2.45, 2.75) is 25.3 Å². The zero-order valence-corrected chi connectivity index (χ0v) is 13.8. The van der Waals surface area contributed by atoms with Gasteiger partial charge >= 0.3 is 0 Å². The fourth-order valence-electron chi connectivity index (χ4n) is 3.29. The van der Waals surface area contributed by atoms with E-state index in [0.29, 0.717) is 18.0 Å². The first-order valence-corrected chi connectivity index (χ1v) is 8.98. The number of rotatable bonds is 3. The quantitative estimate of drug-likeness (QED) is 0.743. The van der Waals surface area contributed by atoms with E-state index >= 15 is 0 Å². The van der Waals surface area contributed by atoms with E-state index in [1.54, 1.807) is 12.1 Å². The van der Waals surface area contributed by atoms with E-state index in [1.807, 2.05) is 48.9 Å². The molecule has 6 heteroatoms. The summed E-state index contributed by atoms with van der Waals surface area (Å²) in [6.07, 6.45) is 0. The molecule has 2 aromatic carbocycles. The Labute approximate surface area is 135 Å². The first-order chi connectivity index (χ1) is 11.0. The summed E-state index contributed by atoms with van der Waals surface area (Å²) < 4.78 is 29.1. The molecule has 0 N–H and O–H groups in total. The van der Waals surface area contributed by atoms with Crippen LogP contribution in [0.15, 0.2) is 47.4 Å². The lowest BCUT2D eigenvalue weighted by atomic mass is 10.1. The molecule has 0 radical (unpaired) electrons. The number of aromatic nitrogens is 2. The van der Waals surface area contributed by atoms with Crippen LogP contribution in [-0.4, -0.2) is 24.7 Å². The van der Waals surface area contributed by atoms with Crippen molar-refractivity contribution >= 4 is 26.5 Å². The van der Waals surface area contributed by atoms with Crippen molar-refractivity contribution in [3.63, 3.8) is 0 Å². The van der Waals surface area contributed by atoms with Crippen LogP contribution in [0.4, 0.5) is 5.69 Å². The van der Waals surface area contributed by atoms with E-state index in [0.717, 1.165) is 27.8 Å². The number of nitrogens with zero attached hydrogens (tertiary/aromatic N) is 3. The second-order valence-electron chi connectivity index (χ2n) is 5.86. The Morgan fingerprint density at radius 1 is 1.04 bits per heavy atom. The Hall–Kier alpha value is -2.34. The standard InChI is InChI=1S/C17H17N3O2S/c1-12-11-13(2)19(18-12)9-10-20-15-7-3-5-14-6-4-8-16(17(14)15)23(20,21)22/h3-8,11H,9-10H2,1-2H3. The van der Waals surface area contributed by atoms with Crippen molar-refractivity contribution in [1.29, 1.82) is 0 Å². The van der Waals surface area contributed by atoms with Crippen LogP contribution in [0.3, 0.4) is 0 Å². The SMILES string of the molecule is Cc1cc(C)n(CCN2c3cccc4cccc(c34)S2(=O)=O)n1. The summed E-state index contributed by atoms with van der Waals surface area (Å²) in [7, 11) is -3.48. The zero-order valence-electron chi connectivity index (χ0n) is 13.0. The molecule has 0 atom stereocenters. The van der Waals surface area contributed by atoms with Crippen molar-refractivity contribution < 1.29 is 8.42 Å². The molecule has 1 aromatic heterocycles. The predicted octanol–water partition coefficient (Wildman–Crippen LogP) is 2.86. The van der Waals surface area contributed by atoms with Gasteiger partial charge in [-0.15, -0.1) is 0 Å². The van der Waals surface area contributed by atoms with E-state index in [9.17, 15) is 8.42 Å². The molecule has 0 amide bonds. The summed E-state index contributed by atoms with van der Waals surface area (Å²) in [5.41, 5.74) is 2.74. The fourth-order valence-corrected chi connectivity index (χ4v) is 4.99. The molecular weight excluding hydrogens is 310 g/mol. The molecule has 0 spiro atoms. The molecule has 5 nitrogen and oxygen atoms in total. The third kappa shape index (κ3) is 2.05. The van der Waals surface area contributed by atoms with Crippen LogP contribution >= 0.6 is 0 Å². The monoisotopic (exact) mass is 327 g/mol. The second kappa shape index (κ2) is 4.83.